The summed E-state index contributed by atoms with van der Waals surface area (Å²) in [5.41, 5.74) is 0.884. The molecule has 0 saturated carbocycles. The van der Waals surface area contributed by atoms with Crippen LogP contribution >= 0.6 is 11.9 Å². The highest BCUT2D eigenvalue weighted by Gasteiger charge is 2.30. The molecule has 6 nitrogen and oxygen atoms in total. The summed E-state index contributed by atoms with van der Waals surface area (Å²) >= 11 is 1.41. The number of alkyl halides is 3. The summed E-state index contributed by atoms with van der Waals surface area (Å²) in [5.74, 6) is 0.498. The summed E-state index contributed by atoms with van der Waals surface area (Å²) in [6.07, 6.45) is -4.40. The number of halogens is 3. The first kappa shape index (κ1) is 18.2. The lowest BCUT2D eigenvalue weighted by Crippen LogP contribution is -2.05. The van der Waals surface area contributed by atoms with Crippen molar-refractivity contribution in [3.05, 3.63) is 48.0 Å². The van der Waals surface area contributed by atoms with E-state index in [0.717, 1.165) is 17.0 Å². The van der Waals surface area contributed by atoms with Gasteiger partial charge in [0, 0.05) is 28.9 Å². The third kappa shape index (κ3) is 3.97. The Balaban J connectivity index is 2.01. The van der Waals surface area contributed by atoms with Crippen LogP contribution in [0.2, 0.25) is 0 Å². The third-order valence-electron chi connectivity index (χ3n) is 3.54. The molecule has 3 aromatic rings. The molecule has 0 aliphatic carbocycles. The molecule has 0 bridgehead atoms. The Morgan fingerprint density at radius 2 is 1.92 bits per heavy atom. The fourth-order valence-electron chi connectivity index (χ4n) is 2.39. The molecular weight excluding hydrogens is 365 g/mol. The number of hydrogen-bond donors (Lipinski definition) is 2. The van der Waals surface area contributed by atoms with Crippen molar-refractivity contribution < 1.29 is 13.2 Å². The maximum absolute atomic E-state index is 12.9. The van der Waals surface area contributed by atoms with Crippen LogP contribution in [0.3, 0.4) is 0 Å². The Kier molecular flexibility index (Phi) is 5.14. The van der Waals surface area contributed by atoms with Crippen molar-refractivity contribution in [1.29, 1.82) is 0 Å². The van der Waals surface area contributed by atoms with E-state index in [2.05, 4.69) is 25.6 Å². The maximum atomic E-state index is 12.9. The molecule has 0 fully saturated rings. The van der Waals surface area contributed by atoms with Crippen LogP contribution < -0.4 is 10.0 Å². The number of hydrogen-bond acceptors (Lipinski definition) is 6. The summed E-state index contributed by atoms with van der Waals surface area (Å²) in [5, 5.41) is 14.5. The molecule has 0 spiro atoms. The van der Waals surface area contributed by atoms with Gasteiger partial charge < -0.3 is 5.32 Å². The molecule has 0 atom stereocenters. The molecular formula is C16H15F3N6S. The minimum Gasteiger partial charge on any atom is -0.355 e. The van der Waals surface area contributed by atoms with Gasteiger partial charge >= 0.3 is 6.18 Å². The van der Waals surface area contributed by atoms with E-state index in [1.807, 2.05) is 12.1 Å². The molecule has 3 rings (SSSR count). The van der Waals surface area contributed by atoms with E-state index in [4.69, 9.17) is 0 Å². The molecule has 0 amide bonds. The molecule has 26 heavy (non-hydrogen) atoms. The lowest BCUT2D eigenvalue weighted by atomic mass is 10.1. The minimum absolute atomic E-state index is 0.324. The van der Waals surface area contributed by atoms with Crippen molar-refractivity contribution in [3.8, 4) is 11.4 Å². The van der Waals surface area contributed by atoms with Gasteiger partial charge in [0.2, 0.25) is 0 Å². The second kappa shape index (κ2) is 7.34. The zero-order chi connectivity index (χ0) is 18.7. The van der Waals surface area contributed by atoms with E-state index in [-0.39, 0.29) is 0 Å². The first-order chi connectivity index (χ1) is 12.4. The number of benzene rings is 2. The van der Waals surface area contributed by atoms with Gasteiger partial charge in [-0.1, -0.05) is 6.07 Å². The molecule has 1 aromatic heterocycles. The predicted molar refractivity (Wildman–Crippen MR) is 93.9 cm³/mol. The molecule has 0 aliphatic heterocycles. The fourth-order valence-corrected chi connectivity index (χ4v) is 2.93. The normalized spacial score (nSPS) is 11.6. The van der Waals surface area contributed by atoms with E-state index in [1.165, 1.54) is 22.7 Å². The van der Waals surface area contributed by atoms with Crippen molar-refractivity contribution in [3.63, 3.8) is 0 Å². The van der Waals surface area contributed by atoms with Gasteiger partial charge in [-0.2, -0.15) is 13.2 Å². The SMILES string of the molecule is CNSc1ccc(Nc2cccc(C(F)(F)F)c2)c(-c2nnnn2C)c1. The average molecular weight is 380 g/mol. The van der Waals surface area contributed by atoms with Gasteiger partial charge in [0.1, 0.15) is 0 Å². The zero-order valence-corrected chi connectivity index (χ0v) is 14.7. The van der Waals surface area contributed by atoms with Crippen molar-refractivity contribution in [1.82, 2.24) is 24.9 Å². The number of tetrazole rings is 1. The number of anilines is 2. The summed E-state index contributed by atoms with van der Waals surface area (Å²) < 4.78 is 43.3. The predicted octanol–water partition coefficient (Wildman–Crippen LogP) is 3.87. The molecule has 136 valence electrons. The molecule has 2 N–H and O–H groups in total. The van der Waals surface area contributed by atoms with Crippen LogP contribution in [0.1, 0.15) is 5.56 Å². The lowest BCUT2D eigenvalue weighted by Gasteiger charge is -2.14. The van der Waals surface area contributed by atoms with Crippen LogP contribution in [-0.4, -0.2) is 27.3 Å². The van der Waals surface area contributed by atoms with E-state index in [1.54, 1.807) is 26.2 Å². The molecule has 1 heterocycles. The summed E-state index contributed by atoms with van der Waals surface area (Å²) in [6.45, 7) is 0. The molecule has 0 saturated heterocycles. The van der Waals surface area contributed by atoms with Crippen LogP contribution in [0.4, 0.5) is 24.5 Å². The lowest BCUT2D eigenvalue weighted by molar-refractivity contribution is -0.137. The molecule has 2 aromatic carbocycles. The van der Waals surface area contributed by atoms with Gasteiger partial charge in [-0.15, -0.1) is 5.10 Å². The van der Waals surface area contributed by atoms with Crippen LogP contribution in [-0.2, 0) is 13.2 Å². The topological polar surface area (TPSA) is 67.7 Å². The first-order valence-electron chi connectivity index (χ1n) is 7.53. The van der Waals surface area contributed by atoms with E-state index in [0.29, 0.717) is 22.8 Å². The quantitative estimate of drug-likeness (QED) is 0.655. The number of nitrogens with one attached hydrogen (secondary N) is 2. The Morgan fingerprint density at radius 1 is 1.12 bits per heavy atom. The van der Waals surface area contributed by atoms with Crippen LogP contribution in [0.25, 0.3) is 11.4 Å². The molecule has 0 radical (unpaired) electrons. The molecule has 10 heteroatoms. The zero-order valence-electron chi connectivity index (χ0n) is 13.9. The van der Waals surface area contributed by atoms with Gasteiger partial charge in [0.05, 0.1) is 5.56 Å². The average Bonchev–Trinajstić information content (AvgIpc) is 3.02. The highest BCUT2D eigenvalue weighted by atomic mass is 32.2. The van der Waals surface area contributed by atoms with Gasteiger partial charge in [-0.3, -0.25) is 4.72 Å². The highest BCUT2D eigenvalue weighted by molar-refractivity contribution is 7.97. The maximum Gasteiger partial charge on any atom is 0.416 e. The Hall–Kier alpha value is -2.59. The van der Waals surface area contributed by atoms with E-state index >= 15 is 0 Å². The second-order valence-corrected chi connectivity index (χ2v) is 6.43. The smallest absolute Gasteiger partial charge is 0.355 e. The molecule has 0 aliphatic rings. The summed E-state index contributed by atoms with van der Waals surface area (Å²) in [6, 6.07) is 10.5. The van der Waals surface area contributed by atoms with Crippen molar-refractivity contribution in [2.45, 2.75) is 11.1 Å². The van der Waals surface area contributed by atoms with E-state index in [9.17, 15) is 13.2 Å². The van der Waals surface area contributed by atoms with Gasteiger partial charge in [0.25, 0.3) is 0 Å². The minimum atomic E-state index is -4.40. The highest BCUT2D eigenvalue weighted by Crippen LogP contribution is 2.34. The monoisotopic (exact) mass is 380 g/mol. The Morgan fingerprint density at radius 3 is 2.58 bits per heavy atom. The van der Waals surface area contributed by atoms with Crippen LogP contribution in [0.5, 0.6) is 0 Å². The van der Waals surface area contributed by atoms with Gasteiger partial charge in [-0.25, -0.2) is 4.68 Å². The summed E-state index contributed by atoms with van der Waals surface area (Å²) in [7, 11) is 3.49. The fraction of sp³-hybridized carbons (Fsp3) is 0.188. The number of aromatic nitrogens is 4. The van der Waals surface area contributed by atoms with Gasteiger partial charge in [0.15, 0.2) is 5.82 Å². The number of rotatable bonds is 5. The Bertz CT molecular complexity index is 909. The van der Waals surface area contributed by atoms with Crippen LogP contribution in [0, 0.1) is 0 Å². The van der Waals surface area contributed by atoms with Gasteiger partial charge in [-0.05, 0) is 65.8 Å². The second-order valence-electron chi connectivity index (χ2n) is 5.34. The van der Waals surface area contributed by atoms with Crippen LogP contribution in [0.15, 0.2) is 47.4 Å². The number of nitrogens with zero attached hydrogens (tertiary/aromatic N) is 4. The van der Waals surface area contributed by atoms with Crippen molar-refractivity contribution in [2.24, 2.45) is 7.05 Å². The standard InChI is InChI=1S/C16H15F3N6S/c1-20-26-12-6-7-14(13(9-12)15-22-23-24-25(15)2)21-11-5-3-4-10(8-11)16(17,18)19/h3-9,20-21H,1-2H3. The Labute approximate surface area is 151 Å². The molecule has 0 unspecified atom stereocenters. The third-order valence-corrected chi connectivity index (χ3v) is 4.23. The van der Waals surface area contributed by atoms with Crippen molar-refractivity contribution in [2.75, 3.05) is 12.4 Å². The largest absolute Gasteiger partial charge is 0.416 e. The summed E-state index contributed by atoms with van der Waals surface area (Å²) in [4.78, 5) is 0.917. The number of aryl methyl sites for hydroxylation is 1. The van der Waals surface area contributed by atoms with Crippen molar-refractivity contribution >= 4 is 23.3 Å². The first-order valence-corrected chi connectivity index (χ1v) is 8.35. The van der Waals surface area contributed by atoms with E-state index < -0.39 is 11.7 Å².